The molecule has 1 atom stereocenters. The number of ether oxygens (including phenoxy) is 2. The van der Waals surface area contributed by atoms with Crippen molar-refractivity contribution in [3.05, 3.63) is 90.0 Å². The van der Waals surface area contributed by atoms with Crippen LogP contribution in [0.5, 0.6) is 11.5 Å². The molecule has 0 aromatic heterocycles. The number of amides is 2. The molecule has 1 heterocycles. The smallest absolute Gasteiger partial charge is 0.262 e. The van der Waals surface area contributed by atoms with Gasteiger partial charge in [-0.25, -0.2) is 0 Å². The highest BCUT2D eigenvalue weighted by Gasteiger charge is 2.34. The van der Waals surface area contributed by atoms with Crippen molar-refractivity contribution in [2.45, 2.75) is 12.5 Å². The summed E-state index contributed by atoms with van der Waals surface area (Å²) < 4.78 is 11.1. The van der Waals surface area contributed by atoms with Crippen LogP contribution in [0.4, 0.5) is 5.69 Å². The summed E-state index contributed by atoms with van der Waals surface area (Å²) in [5, 5.41) is 2.93. The van der Waals surface area contributed by atoms with Gasteiger partial charge in [-0.1, -0.05) is 42.5 Å². The number of fused-ring (bicyclic) bond motifs is 1. The third-order valence-corrected chi connectivity index (χ3v) is 5.20. The summed E-state index contributed by atoms with van der Waals surface area (Å²) >= 11 is 0. The SMILES string of the molecule is COc1ccc(C(=O)N2CC(C(=O)NCCc3ccccc3)Oc3ccccc32)cc1. The number of anilines is 1. The van der Waals surface area contributed by atoms with Crippen LogP contribution in [-0.4, -0.2) is 38.1 Å². The first kappa shape index (κ1) is 20.5. The van der Waals surface area contributed by atoms with Crippen LogP contribution in [-0.2, 0) is 11.2 Å². The van der Waals surface area contributed by atoms with Gasteiger partial charge in [0.05, 0.1) is 19.3 Å². The van der Waals surface area contributed by atoms with Gasteiger partial charge in [-0.05, 0) is 48.4 Å². The number of hydrogen-bond acceptors (Lipinski definition) is 4. The molecule has 0 aliphatic carbocycles. The highest BCUT2D eigenvalue weighted by molar-refractivity contribution is 6.08. The van der Waals surface area contributed by atoms with Gasteiger partial charge in [0.1, 0.15) is 11.5 Å². The summed E-state index contributed by atoms with van der Waals surface area (Å²) in [7, 11) is 1.58. The van der Waals surface area contributed by atoms with E-state index in [0.29, 0.717) is 29.3 Å². The van der Waals surface area contributed by atoms with Crippen molar-refractivity contribution in [1.82, 2.24) is 5.32 Å². The third-order valence-electron chi connectivity index (χ3n) is 5.20. The molecule has 158 valence electrons. The Hall–Kier alpha value is -3.80. The Balaban J connectivity index is 1.48. The predicted octanol–water partition coefficient (Wildman–Crippen LogP) is 3.46. The average molecular weight is 416 g/mol. The Morgan fingerprint density at radius 3 is 2.45 bits per heavy atom. The molecule has 0 fully saturated rings. The van der Waals surface area contributed by atoms with Crippen LogP contribution in [0.3, 0.4) is 0 Å². The lowest BCUT2D eigenvalue weighted by Crippen LogP contribution is -2.51. The standard InChI is InChI=1S/C25H24N2O4/c1-30-20-13-11-19(12-14-20)25(29)27-17-23(31-22-10-6-5-9-21(22)27)24(28)26-16-15-18-7-3-2-4-8-18/h2-14,23H,15-17H2,1H3,(H,26,28). The molecule has 0 radical (unpaired) electrons. The van der Waals surface area contributed by atoms with Crippen LogP contribution in [0.1, 0.15) is 15.9 Å². The van der Waals surface area contributed by atoms with Crippen molar-refractivity contribution in [2.75, 3.05) is 25.1 Å². The molecule has 0 spiro atoms. The first-order valence-corrected chi connectivity index (χ1v) is 10.2. The molecule has 1 unspecified atom stereocenters. The third kappa shape index (κ3) is 4.69. The molecule has 1 aliphatic rings. The Bertz CT molecular complexity index is 1050. The van der Waals surface area contributed by atoms with Crippen molar-refractivity contribution >= 4 is 17.5 Å². The lowest BCUT2D eigenvalue weighted by Gasteiger charge is -2.34. The van der Waals surface area contributed by atoms with E-state index in [2.05, 4.69) is 5.32 Å². The van der Waals surface area contributed by atoms with Crippen molar-refractivity contribution in [3.8, 4) is 11.5 Å². The van der Waals surface area contributed by atoms with Gasteiger partial charge in [0.25, 0.3) is 11.8 Å². The van der Waals surface area contributed by atoms with E-state index in [0.717, 1.165) is 12.0 Å². The fourth-order valence-corrected chi connectivity index (χ4v) is 3.54. The van der Waals surface area contributed by atoms with Gasteiger partial charge in [0.2, 0.25) is 0 Å². The van der Waals surface area contributed by atoms with Crippen molar-refractivity contribution in [1.29, 1.82) is 0 Å². The lowest BCUT2D eigenvalue weighted by atomic mass is 10.1. The van der Waals surface area contributed by atoms with E-state index in [1.54, 1.807) is 42.3 Å². The second-order valence-electron chi connectivity index (χ2n) is 7.25. The topological polar surface area (TPSA) is 67.9 Å². The van der Waals surface area contributed by atoms with E-state index >= 15 is 0 Å². The minimum absolute atomic E-state index is 0.138. The highest BCUT2D eigenvalue weighted by atomic mass is 16.5. The highest BCUT2D eigenvalue weighted by Crippen LogP contribution is 2.34. The molecule has 4 rings (SSSR count). The minimum Gasteiger partial charge on any atom is -0.497 e. The van der Waals surface area contributed by atoms with E-state index in [1.165, 1.54) is 0 Å². The number of carbonyl (C=O) groups is 2. The number of methoxy groups -OCH3 is 1. The van der Waals surface area contributed by atoms with Crippen LogP contribution in [0, 0.1) is 0 Å². The van der Waals surface area contributed by atoms with E-state index in [4.69, 9.17) is 9.47 Å². The summed E-state index contributed by atoms with van der Waals surface area (Å²) in [5.74, 6) is 0.756. The zero-order valence-electron chi connectivity index (χ0n) is 17.3. The molecule has 31 heavy (non-hydrogen) atoms. The zero-order valence-corrected chi connectivity index (χ0v) is 17.3. The Labute approximate surface area is 181 Å². The van der Waals surface area contributed by atoms with E-state index in [9.17, 15) is 9.59 Å². The summed E-state index contributed by atoms with van der Waals surface area (Å²) in [4.78, 5) is 27.6. The molecule has 3 aromatic carbocycles. The number of rotatable bonds is 6. The van der Waals surface area contributed by atoms with Crippen LogP contribution in [0.25, 0.3) is 0 Å². The van der Waals surface area contributed by atoms with Crippen LogP contribution < -0.4 is 19.7 Å². The van der Waals surface area contributed by atoms with E-state index in [-0.39, 0.29) is 18.4 Å². The van der Waals surface area contributed by atoms with Gasteiger partial charge in [0, 0.05) is 12.1 Å². The number of nitrogens with zero attached hydrogens (tertiary/aromatic N) is 1. The lowest BCUT2D eigenvalue weighted by molar-refractivity contribution is -0.127. The normalized spacial score (nSPS) is 14.9. The van der Waals surface area contributed by atoms with Gasteiger partial charge < -0.3 is 19.7 Å². The molecular weight excluding hydrogens is 392 g/mol. The van der Waals surface area contributed by atoms with Crippen molar-refractivity contribution in [3.63, 3.8) is 0 Å². The minimum atomic E-state index is -0.784. The van der Waals surface area contributed by atoms with Gasteiger partial charge in [0.15, 0.2) is 6.10 Å². The fourth-order valence-electron chi connectivity index (χ4n) is 3.54. The summed E-state index contributed by atoms with van der Waals surface area (Å²) in [6.07, 6.45) is -0.0578. The number of benzene rings is 3. The maximum absolute atomic E-state index is 13.2. The Morgan fingerprint density at radius 1 is 1.00 bits per heavy atom. The fraction of sp³-hybridized carbons (Fsp3) is 0.200. The quantitative estimate of drug-likeness (QED) is 0.668. The summed E-state index contributed by atoms with van der Waals surface area (Å²) in [6, 6.07) is 24.1. The van der Waals surface area contributed by atoms with Crippen LogP contribution in [0.15, 0.2) is 78.9 Å². The zero-order chi connectivity index (χ0) is 21.6. The Morgan fingerprint density at radius 2 is 1.71 bits per heavy atom. The molecule has 1 aliphatic heterocycles. The number of para-hydroxylation sites is 2. The van der Waals surface area contributed by atoms with Gasteiger partial charge in [-0.2, -0.15) is 0 Å². The van der Waals surface area contributed by atoms with Crippen molar-refractivity contribution < 1.29 is 19.1 Å². The second-order valence-corrected chi connectivity index (χ2v) is 7.25. The first-order chi connectivity index (χ1) is 15.2. The number of nitrogens with one attached hydrogen (secondary N) is 1. The largest absolute Gasteiger partial charge is 0.497 e. The monoisotopic (exact) mass is 416 g/mol. The summed E-state index contributed by atoms with van der Waals surface area (Å²) in [6.45, 7) is 0.635. The molecule has 6 heteroatoms. The number of hydrogen-bond donors (Lipinski definition) is 1. The number of carbonyl (C=O) groups excluding carboxylic acids is 2. The van der Waals surface area contributed by atoms with Gasteiger partial charge in [-0.15, -0.1) is 0 Å². The van der Waals surface area contributed by atoms with E-state index < -0.39 is 6.10 Å². The van der Waals surface area contributed by atoms with E-state index in [1.807, 2.05) is 48.5 Å². The van der Waals surface area contributed by atoms with Gasteiger partial charge in [-0.3, -0.25) is 9.59 Å². The predicted molar refractivity (Wildman–Crippen MR) is 119 cm³/mol. The maximum atomic E-state index is 13.2. The maximum Gasteiger partial charge on any atom is 0.262 e. The van der Waals surface area contributed by atoms with Crippen LogP contribution >= 0.6 is 0 Å². The van der Waals surface area contributed by atoms with Crippen LogP contribution in [0.2, 0.25) is 0 Å². The molecule has 6 nitrogen and oxygen atoms in total. The van der Waals surface area contributed by atoms with Crippen molar-refractivity contribution in [2.24, 2.45) is 0 Å². The molecular formula is C25H24N2O4. The average Bonchev–Trinajstić information content (AvgIpc) is 2.83. The molecule has 3 aromatic rings. The second kappa shape index (κ2) is 9.34. The molecule has 1 N–H and O–H groups in total. The Kier molecular flexibility index (Phi) is 6.17. The molecule has 0 saturated heterocycles. The van der Waals surface area contributed by atoms with Gasteiger partial charge >= 0.3 is 0 Å². The first-order valence-electron chi connectivity index (χ1n) is 10.2. The molecule has 0 bridgehead atoms. The molecule has 0 saturated carbocycles. The summed E-state index contributed by atoms with van der Waals surface area (Å²) in [5.41, 5.74) is 2.31. The molecule has 2 amide bonds.